The third-order valence-corrected chi connectivity index (χ3v) is 3.28. The molecule has 0 heterocycles. The van der Waals surface area contributed by atoms with Crippen molar-refractivity contribution in [1.29, 1.82) is 0 Å². The first kappa shape index (κ1) is 13.6. The van der Waals surface area contributed by atoms with E-state index >= 15 is 0 Å². The SMILES string of the molecule is CC(O)C(C)(C)NCc1cc(Br)ccc1F. The largest absolute Gasteiger partial charge is 0.392 e. The number of halogens is 2. The summed E-state index contributed by atoms with van der Waals surface area (Å²) in [6.07, 6.45) is -0.497. The molecular formula is C12H17BrFNO. The Balaban J connectivity index is 2.71. The molecule has 90 valence electrons. The molecule has 2 N–H and O–H groups in total. The zero-order chi connectivity index (χ0) is 12.3. The van der Waals surface area contributed by atoms with Crippen LogP contribution >= 0.6 is 15.9 Å². The van der Waals surface area contributed by atoms with E-state index < -0.39 is 11.6 Å². The summed E-state index contributed by atoms with van der Waals surface area (Å²) in [4.78, 5) is 0. The van der Waals surface area contributed by atoms with E-state index in [-0.39, 0.29) is 5.82 Å². The molecule has 0 saturated heterocycles. The minimum Gasteiger partial charge on any atom is -0.392 e. The third-order valence-electron chi connectivity index (χ3n) is 2.79. The fourth-order valence-electron chi connectivity index (χ4n) is 1.15. The van der Waals surface area contributed by atoms with Crippen LogP contribution in [0.15, 0.2) is 22.7 Å². The number of hydrogen-bond acceptors (Lipinski definition) is 2. The molecule has 0 aliphatic rings. The minimum atomic E-state index is -0.497. The van der Waals surface area contributed by atoms with Crippen LogP contribution in [0, 0.1) is 5.82 Å². The number of benzene rings is 1. The highest BCUT2D eigenvalue weighted by molar-refractivity contribution is 9.10. The smallest absolute Gasteiger partial charge is 0.127 e. The Morgan fingerprint density at radius 3 is 2.69 bits per heavy atom. The van der Waals surface area contributed by atoms with Crippen molar-refractivity contribution in [3.05, 3.63) is 34.1 Å². The molecule has 1 aromatic rings. The summed E-state index contributed by atoms with van der Waals surface area (Å²) in [6, 6.07) is 4.83. The molecule has 1 aromatic carbocycles. The van der Waals surface area contributed by atoms with Crippen LogP contribution < -0.4 is 5.32 Å². The molecule has 0 spiro atoms. The maximum Gasteiger partial charge on any atom is 0.127 e. The lowest BCUT2D eigenvalue weighted by Crippen LogP contribution is -2.47. The van der Waals surface area contributed by atoms with Gasteiger partial charge in [0.2, 0.25) is 0 Å². The van der Waals surface area contributed by atoms with Gasteiger partial charge < -0.3 is 10.4 Å². The molecular weight excluding hydrogens is 273 g/mol. The summed E-state index contributed by atoms with van der Waals surface area (Å²) in [5, 5.41) is 12.6. The van der Waals surface area contributed by atoms with Gasteiger partial charge in [-0.05, 0) is 39.0 Å². The number of nitrogens with one attached hydrogen (secondary N) is 1. The van der Waals surface area contributed by atoms with Gasteiger partial charge in [-0.3, -0.25) is 0 Å². The van der Waals surface area contributed by atoms with Crippen LogP contribution in [0.1, 0.15) is 26.3 Å². The average molecular weight is 290 g/mol. The van der Waals surface area contributed by atoms with Crippen molar-refractivity contribution in [2.24, 2.45) is 0 Å². The highest BCUT2D eigenvalue weighted by Crippen LogP contribution is 2.17. The van der Waals surface area contributed by atoms with Crippen molar-refractivity contribution in [2.45, 2.75) is 39.0 Å². The van der Waals surface area contributed by atoms with Crippen molar-refractivity contribution >= 4 is 15.9 Å². The van der Waals surface area contributed by atoms with Gasteiger partial charge in [-0.25, -0.2) is 4.39 Å². The number of hydrogen-bond donors (Lipinski definition) is 2. The zero-order valence-electron chi connectivity index (χ0n) is 9.72. The molecule has 0 fully saturated rings. The summed E-state index contributed by atoms with van der Waals surface area (Å²) >= 11 is 3.30. The van der Waals surface area contributed by atoms with E-state index in [9.17, 15) is 9.50 Å². The van der Waals surface area contributed by atoms with E-state index in [0.29, 0.717) is 12.1 Å². The van der Waals surface area contributed by atoms with Crippen LogP contribution in [0.2, 0.25) is 0 Å². The van der Waals surface area contributed by atoms with Crippen LogP contribution in [0.25, 0.3) is 0 Å². The van der Waals surface area contributed by atoms with Gasteiger partial charge >= 0.3 is 0 Å². The molecule has 0 aliphatic carbocycles. The molecule has 1 atom stereocenters. The van der Waals surface area contributed by atoms with Crippen LogP contribution in [-0.2, 0) is 6.54 Å². The molecule has 1 unspecified atom stereocenters. The Morgan fingerprint density at radius 1 is 1.50 bits per heavy atom. The Bertz CT molecular complexity index is 366. The molecule has 2 nitrogen and oxygen atoms in total. The van der Waals surface area contributed by atoms with Crippen molar-refractivity contribution in [1.82, 2.24) is 5.32 Å². The molecule has 0 amide bonds. The lowest BCUT2D eigenvalue weighted by Gasteiger charge is -2.29. The van der Waals surface area contributed by atoms with Crippen molar-refractivity contribution < 1.29 is 9.50 Å². The van der Waals surface area contributed by atoms with E-state index in [1.165, 1.54) is 6.07 Å². The van der Waals surface area contributed by atoms with Crippen LogP contribution in [-0.4, -0.2) is 16.7 Å². The van der Waals surface area contributed by atoms with Crippen LogP contribution in [0.4, 0.5) is 4.39 Å². The van der Waals surface area contributed by atoms with Crippen LogP contribution in [0.3, 0.4) is 0 Å². The standard InChI is InChI=1S/C12H17BrFNO/c1-8(16)12(2,3)15-7-9-6-10(13)4-5-11(9)14/h4-6,8,15-16H,7H2,1-3H3. The second-order valence-electron chi connectivity index (χ2n) is 4.49. The monoisotopic (exact) mass is 289 g/mol. The summed E-state index contributed by atoms with van der Waals surface area (Å²) in [5.41, 5.74) is 0.150. The van der Waals surface area contributed by atoms with Gasteiger partial charge in [-0.1, -0.05) is 15.9 Å². The van der Waals surface area contributed by atoms with Gasteiger partial charge in [-0.2, -0.15) is 0 Å². The topological polar surface area (TPSA) is 32.3 Å². The highest BCUT2D eigenvalue weighted by Gasteiger charge is 2.23. The maximum atomic E-state index is 13.4. The lowest BCUT2D eigenvalue weighted by atomic mass is 9.98. The first-order valence-electron chi connectivity index (χ1n) is 5.20. The highest BCUT2D eigenvalue weighted by atomic mass is 79.9. The number of aliphatic hydroxyl groups is 1. The summed E-state index contributed by atoms with van der Waals surface area (Å²) in [7, 11) is 0. The van der Waals surface area contributed by atoms with Gasteiger partial charge in [0.15, 0.2) is 0 Å². The fraction of sp³-hybridized carbons (Fsp3) is 0.500. The van der Waals surface area contributed by atoms with E-state index in [1.54, 1.807) is 19.1 Å². The molecule has 16 heavy (non-hydrogen) atoms. The summed E-state index contributed by atoms with van der Waals surface area (Å²) in [6.45, 7) is 5.87. The first-order valence-corrected chi connectivity index (χ1v) is 5.99. The Kier molecular flexibility index (Phi) is 4.47. The summed E-state index contributed by atoms with van der Waals surface area (Å²) in [5.74, 6) is -0.239. The van der Waals surface area contributed by atoms with Gasteiger partial charge in [-0.15, -0.1) is 0 Å². The fourth-order valence-corrected chi connectivity index (χ4v) is 1.56. The molecule has 4 heteroatoms. The van der Waals surface area contributed by atoms with E-state index in [1.807, 2.05) is 13.8 Å². The van der Waals surface area contributed by atoms with E-state index in [0.717, 1.165) is 4.47 Å². The van der Waals surface area contributed by atoms with Crippen molar-refractivity contribution in [3.63, 3.8) is 0 Å². The lowest BCUT2D eigenvalue weighted by molar-refractivity contribution is 0.0954. The summed E-state index contributed by atoms with van der Waals surface area (Å²) < 4.78 is 14.3. The predicted molar refractivity (Wildman–Crippen MR) is 66.7 cm³/mol. The van der Waals surface area contributed by atoms with Gasteiger partial charge in [0, 0.05) is 22.1 Å². The van der Waals surface area contributed by atoms with Gasteiger partial charge in [0.25, 0.3) is 0 Å². The molecule has 0 bridgehead atoms. The zero-order valence-corrected chi connectivity index (χ0v) is 11.3. The third kappa shape index (κ3) is 3.54. The second kappa shape index (κ2) is 5.25. The maximum absolute atomic E-state index is 13.4. The predicted octanol–water partition coefficient (Wildman–Crippen LogP) is 2.84. The van der Waals surface area contributed by atoms with Crippen molar-refractivity contribution in [2.75, 3.05) is 0 Å². The first-order chi connectivity index (χ1) is 7.33. The quantitative estimate of drug-likeness (QED) is 0.893. The molecule has 1 rings (SSSR count). The number of rotatable bonds is 4. The van der Waals surface area contributed by atoms with Crippen molar-refractivity contribution in [3.8, 4) is 0 Å². The second-order valence-corrected chi connectivity index (χ2v) is 5.40. The van der Waals surface area contributed by atoms with E-state index in [2.05, 4.69) is 21.2 Å². The van der Waals surface area contributed by atoms with Crippen LogP contribution in [0.5, 0.6) is 0 Å². The molecule has 0 saturated carbocycles. The normalized spacial score (nSPS) is 13.9. The van der Waals surface area contributed by atoms with E-state index in [4.69, 9.17) is 0 Å². The average Bonchev–Trinajstić information content (AvgIpc) is 2.19. The Morgan fingerprint density at radius 2 is 2.12 bits per heavy atom. The molecule has 0 aromatic heterocycles. The minimum absolute atomic E-state index is 0.239. The Hall–Kier alpha value is -0.450. The number of aliphatic hydroxyl groups excluding tert-OH is 1. The van der Waals surface area contributed by atoms with Gasteiger partial charge in [0.05, 0.1) is 6.10 Å². The molecule has 0 radical (unpaired) electrons. The molecule has 0 aliphatic heterocycles. The van der Waals surface area contributed by atoms with Gasteiger partial charge in [0.1, 0.15) is 5.82 Å². The Labute approximate surface area is 104 Å².